The minimum atomic E-state index is -0.968. The number of anilines is 1. The van der Waals surface area contributed by atoms with Gasteiger partial charge in [-0.1, -0.05) is 19.4 Å². The van der Waals surface area contributed by atoms with Crippen LogP contribution in [0.25, 0.3) is 0 Å². The molecule has 0 bridgehead atoms. The maximum absolute atomic E-state index is 13.8. The molecular weight excluding hydrogens is 542 g/mol. The molecule has 4 heterocycles. The monoisotopic (exact) mass is 579 g/mol. The van der Waals surface area contributed by atoms with Crippen LogP contribution in [0, 0.1) is 5.92 Å². The van der Waals surface area contributed by atoms with Gasteiger partial charge >= 0.3 is 12.0 Å². The van der Waals surface area contributed by atoms with Crippen molar-refractivity contribution in [1.82, 2.24) is 19.7 Å². The highest BCUT2D eigenvalue weighted by Crippen LogP contribution is 2.43. The van der Waals surface area contributed by atoms with Crippen LogP contribution in [-0.2, 0) is 14.4 Å². The molecule has 3 aliphatic heterocycles. The second kappa shape index (κ2) is 12.8. The average Bonchev–Trinajstić information content (AvgIpc) is 3.60. The van der Waals surface area contributed by atoms with Gasteiger partial charge in [-0.2, -0.15) is 0 Å². The van der Waals surface area contributed by atoms with Crippen molar-refractivity contribution in [3.63, 3.8) is 0 Å². The van der Waals surface area contributed by atoms with E-state index in [0.717, 1.165) is 23.3 Å². The van der Waals surface area contributed by atoms with Gasteiger partial charge in [0.2, 0.25) is 18.6 Å². The van der Waals surface area contributed by atoms with Crippen LogP contribution in [0.5, 0.6) is 11.5 Å². The van der Waals surface area contributed by atoms with Crippen molar-refractivity contribution >= 4 is 29.5 Å². The number of urea groups is 1. The van der Waals surface area contributed by atoms with E-state index in [9.17, 15) is 24.3 Å². The van der Waals surface area contributed by atoms with Crippen LogP contribution in [0.15, 0.2) is 42.7 Å². The molecule has 4 amide bonds. The third kappa shape index (κ3) is 6.03. The van der Waals surface area contributed by atoms with Crippen LogP contribution < -0.4 is 14.4 Å². The molecule has 2 fully saturated rings. The van der Waals surface area contributed by atoms with Crippen LogP contribution in [0.1, 0.15) is 44.1 Å². The summed E-state index contributed by atoms with van der Waals surface area (Å²) in [6.45, 7) is 3.60. The van der Waals surface area contributed by atoms with Crippen molar-refractivity contribution in [2.75, 3.05) is 51.5 Å². The number of ether oxygens (including phenoxy) is 2. The first-order chi connectivity index (χ1) is 20.3. The number of pyridine rings is 1. The van der Waals surface area contributed by atoms with Crippen LogP contribution in [0.4, 0.5) is 10.5 Å². The second-order valence-corrected chi connectivity index (χ2v) is 11.0. The summed E-state index contributed by atoms with van der Waals surface area (Å²) in [5.41, 5.74) is 1.49. The molecule has 1 aromatic carbocycles. The predicted molar refractivity (Wildman–Crippen MR) is 152 cm³/mol. The number of aromatic nitrogens is 1. The minimum absolute atomic E-state index is 0.0143. The number of aliphatic carboxylic acids is 1. The normalized spacial score (nSPS) is 22.1. The van der Waals surface area contributed by atoms with Crippen molar-refractivity contribution in [1.29, 1.82) is 0 Å². The number of carbonyl (C=O) groups is 4. The molecule has 3 atom stereocenters. The van der Waals surface area contributed by atoms with Crippen LogP contribution >= 0.6 is 0 Å². The summed E-state index contributed by atoms with van der Waals surface area (Å²) < 4.78 is 11.0. The minimum Gasteiger partial charge on any atom is -0.481 e. The highest BCUT2D eigenvalue weighted by molar-refractivity contribution is 5.96. The Balaban J connectivity index is 1.42. The molecule has 0 unspecified atom stereocenters. The number of imide groups is 1. The van der Waals surface area contributed by atoms with E-state index >= 15 is 0 Å². The van der Waals surface area contributed by atoms with Crippen LogP contribution in [0.3, 0.4) is 0 Å². The summed E-state index contributed by atoms with van der Waals surface area (Å²) in [4.78, 5) is 61.9. The van der Waals surface area contributed by atoms with Gasteiger partial charge in [-0.05, 0) is 42.7 Å². The van der Waals surface area contributed by atoms with E-state index in [-0.39, 0.29) is 44.7 Å². The van der Waals surface area contributed by atoms with E-state index in [0.29, 0.717) is 36.7 Å². The Labute approximate surface area is 244 Å². The van der Waals surface area contributed by atoms with E-state index in [1.54, 1.807) is 34.3 Å². The van der Waals surface area contributed by atoms with E-state index in [1.807, 2.05) is 23.1 Å². The number of hydrogen-bond acceptors (Lipinski definition) is 8. The second-order valence-electron chi connectivity index (χ2n) is 11.0. The number of carboxylic acid groups (broad SMARTS) is 1. The third-order valence-electron chi connectivity index (χ3n) is 8.41. The number of benzene rings is 1. The first kappa shape index (κ1) is 29.3. The predicted octanol–water partition coefficient (Wildman–Crippen LogP) is 2.79. The molecule has 2 saturated heterocycles. The lowest BCUT2D eigenvalue weighted by Gasteiger charge is -2.34. The number of hydrogen-bond donors (Lipinski definition) is 1. The Morgan fingerprint density at radius 2 is 1.98 bits per heavy atom. The van der Waals surface area contributed by atoms with Crippen molar-refractivity contribution in [3.05, 3.63) is 48.3 Å². The SMILES string of the molecule is CCCCN(C(=O)CN1C[C@H](c2ccc3c(c2)OCO3)[C@@H](C(=O)O)[C@@H]1CCN1CCC(=O)N(C)C1=O)c1cccnc1. The lowest BCUT2D eigenvalue weighted by atomic mass is 9.84. The Hall–Kier alpha value is -4.19. The lowest BCUT2D eigenvalue weighted by molar-refractivity contribution is -0.143. The van der Waals surface area contributed by atoms with E-state index in [1.165, 1.54) is 7.05 Å². The molecule has 1 aromatic heterocycles. The zero-order valence-electron chi connectivity index (χ0n) is 24.0. The van der Waals surface area contributed by atoms with Crippen LogP contribution in [0.2, 0.25) is 0 Å². The molecule has 42 heavy (non-hydrogen) atoms. The Morgan fingerprint density at radius 3 is 2.71 bits per heavy atom. The van der Waals surface area contributed by atoms with Crippen molar-refractivity contribution in [2.24, 2.45) is 5.92 Å². The van der Waals surface area contributed by atoms with Gasteiger partial charge in [0.1, 0.15) is 0 Å². The molecule has 12 heteroatoms. The summed E-state index contributed by atoms with van der Waals surface area (Å²) in [7, 11) is 1.45. The fourth-order valence-corrected chi connectivity index (χ4v) is 6.13. The molecule has 0 spiro atoms. The fourth-order valence-electron chi connectivity index (χ4n) is 6.13. The highest BCUT2D eigenvalue weighted by Gasteiger charge is 2.48. The number of likely N-dealkylation sites (tertiary alicyclic amines) is 1. The van der Waals surface area contributed by atoms with Gasteiger partial charge < -0.3 is 24.4 Å². The Morgan fingerprint density at radius 1 is 1.17 bits per heavy atom. The summed E-state index contributed by atoms with van der Waals surface area (Å²) in [6, 6.07) is 8.17. The van der Waals surface area contributed by atoms with Gasteiger partial charge in [0.15, 0.2) is 11.5 Å². The maximum Gasteiger partial charge on any atom is 0.326 e. The van der Waals surface area contributed by atoms with Crippen molar-refractivity contribution < 1.29 is 33.8 Å². The highest BCUT2D eigenvalue weighted by atomic mass is 16.7. The average molecular weight is 580 g/mol. The molecule has 1 N–H and O–H groups in total. The Bertz CT molecular complexity index is 1320. The molecule has 0 saturated carbocycles. The molecule has 224 valence electrons. The van der Waals surface area contributed by atoms with Gasteiger partial charge in [0.05, 0.1) is 24.3 Å². The zero-order valence-corrected chi connectivity index (χ0v) is 24.0. The molecule has 0 radical (unpaired) electrons. The molecule has 5 rings (SSSR count). The summed E-state index contributed by atoms with van der Waals surface area (Å²) >= 11 is 0. The van der Waals surface area contributed by atoms with E-state index < -0.39 is 29.9 Å². The van der Waals surface area contributed by atoms with Gasteiger partial charge in [0, 0.05) is 57.8 Å². The molecular formula is C30H37N5O7. The van der Waals surface area contributed by atoms with Crippen LogP contribution in [-0.4, -0.2) is 101 Å². The van der Waals surface area contributed by atoms with Gasteiger partial charge in [-0.25, -0.2) is 4.79 Å². The third-order valence-corrected chi connectivity index (χ3v) is 8.41. The fraction of sp³-hybridized carbons (Fsp3) is 0.500. The standard InChI is InChI=1S/C30H37N5O7/c1-3-4-12-35(21-6-5-11-31-16-21)27(37)18-34-17-22(20-7-8-24-25(15-20)42-19-41-24)28(29(38)39)23(34)9-13-33-14-10-26(36)32(2)30(33)40/h5-8,11,15-16,22-23,28H,3-4,9-10,12-14,17-19H2,1-2H3,(H,38,39)/t22-,23+,28-/m1/s1. The zero-order chi connectivity index (χ0) is 29.8. The smallest absolute Gasteiger partial charge is 0.326 e. The number of amides is 4. The maximum atomic E-state index is 13.8. The lowest BCUT2D eigenvalue weighted by Crippen LogP contribution is -2.52. The molecule has 2 aromatic rings. The Kier molecular flexibility index (Phi) is 8.91. The number of carbonyl (C=O) groups excluding carboxylic acids is 3. The first-order valence-electron chi connectivity index (χ1n) is 14.4. The molecule has 0 aliphatic carbocycles. The first-order valence-corrected chi connectivity index (χ1v) is 14.4. The summed E-state index contributed by atoms with van der Waals surface area (Å²) in [5.74, 6) is -1.42. The summed E-state index contributed by atoms with van der Waals surface area (Å²) in [6.07, 6.45) is 5.58. The van der Waals surface area contributed by atoms with Crippen molar-refractivity contribution in [2.45, 2.75) is 44.6 Å². The molecule has 3 aliphatic rings. The number of fused-ring (bicyclic) bond motifs is 1. The van der Waals surface area contributed by atoms with Gasteiger partial charge in [0.25, 0.3) is 0 Å². The summed E-state index contributed by atoms with van der Waals surface area (Å²) in [5, 5.41) is 10.5. The quantitative estimate of drug-likeness (QED) is 0.427. The van der Waals surface area contributed by atoms with Crippen molar-refractivity contribution in [3.8, 4) is 11.5 Å². The number of carboxylic acids is 1. The largest absolute Gasteiger partial charge is 0.481 e. The van der Waals surface area contributed by atoms with Gasteiger partial charge in [-0.3, -0.25) is 29.2 Å². The topological polar surface area (TPSA) is 133 Å². The van der Waals surface area contributed by atoms with Gasteiger partial charge in [-0.15, -0.1) is 0 Å². The number of nitrogens with zero attached hydrogens (tertiary/aromatic N) is 5. The number of unbranched alkanes of at least 4 members (excludes halogenated alkanes) is 1. The van der Waals surface area contributed by atoms with E-state index in [2.05, 4.69) is 11.9 Å². The molecule has 12 nitrogen and oxygen atoms in total. The number of rotatable bonds is 11. The van der Waals surface area contributed by atoms with E-state index in [4.69, 9.17) is 9.47 Å².